The molecule has 0 saturated heterocycles. The number of nitrogens with two attached hydrogens (primary N) is 1. The molecule has 0 saturated carbocycles. The number of para-hydroxylation sites is 2. The molecule has 6 heteroatoms. The molecule has 1 aromatic carbocycles. The van der Waals surface area contributed by atoms with Crippen molar-refractivity contribution in [1.82, 2.24) is 15.4 Å². The summed E-state index contributed by atoms with van der Waals surface area (Å²) in [7, 11) is 0. The van der Waals surface area contributed by atoms with Crippen LogP contribution < -0.4 is 11.3 Å². The van der Waals surface area contributed by atoms with Gasteiger partial charge in [-0.15, -0.1) is 0 Å². The lowest BCUT2D eigenvalue weighted by Gasteiger charge is -2.00. The van der Waals surface area contributed by atoms with Crippen molar-refractivity contribution < 1.29 is 4.79 Å². The molecule has 5 nitrogen and oxygen atoms in total. The van der Waals surface area contributed by atoms with E-state index in [0.717, 1.165) is 41.2 Å². The first-order chi connectivity index (χ1) is 9.29. The lowest BCUT2D eigenvalue weighted by atomic mass is 10.2. The Bertz CT molecular complexity index is 507. The van der Waals surface area contributed by atoms with Crippen LogP contribution in [0.15, 0.2) is 29.4 Å². The number of unbranched alkanes of at least 4 members (excludes halogenated alkanes) is 2. The number of amides is 1. The Kier molecular flexibility index (Phi) is 5.23. The van der Waals surface area contributed by atoms with Gasteiger partial charge in [0, 0.05) is 12.2 Å². The van der Waals surface area contributed by atoms with Gasteiger partial charge in [-0.1, -0.05) is 30.3 Å². The smallest absolute Gasteiger partial charge is 0.233 e. The fourth-order valence-corrected chi connectivity index (χ4v) is 2.69. The minimum Gasteiger partial charge on any atom is -0.333 e. The maximum absolute atomic E-state index is 10.9. The van der Waals surface area contributed by atoms with E-state index in [1.54, 1.807) is 11.8 Å². The number of nitrogens with one attached hydrogen (secondary N) is 2. The topological polar surface area (TPSA) is 83.8 Å². The van der Waals surface area contributed by atoms with Crippen molar-refractivity contribution in [2.24, 2.45) is 5.84 Å². The predicted octanol–water partition coefficient (Wildman–Crippen LogP) is 2.21. The number of imidazole rings is 1. The first-order valence-corrected chi connectivity index (χ1v) is 7.35. The number of thioether (sulfide) groups is 1. The number of aromatic nitrogens is 2. The monoisotopic (exact) mass is 278 g/mol. The van der Waals surface area contributed by atoms with E-state index in [9.17, 15) is 4.79 Å². The summed E-state index contributed by atoms with van der Waals surface area (Å²) >= 11 is 1.72. The Balaban J connectivity index is 1.67. The Labute approximate surface area is 116 Å². The van der Waals surface area contributed by atoms with Gasteiger partial charge >= 0.3 is 0 Å². The van der Waals surface area contributed by atoms with E-state index in [1.807, 2.05) is 24.3 Å². The maximum Gasteiger partial charge on any atom is 0.233 e. The molecule has 0 fully saturated rings. The zero-order valence-electron chi connectivity index (χ0n) is 10.7. The summed E-state index contributed by atoms with van der Waals surface area (Å²) < 4.78 is 0. The number of aromatic amines is 1. The third-order valence-corrected chi connectivity index (χ3v) is 3.78. The molecule has 2 aromatic rings. The quantitative estimate of drug-likeness (QED) is 0.238. The molecule has 0 radical (unpaired) electrons. The van der Waals surface area contributed by atoms with Crippen LogP contribution in [0.2, 0.25) is 0 Å². The van der Waals surface area contributed by atoms with Crippen LogP contribution in [0.4, 0.5) is 0 Å². The van der Waals surface area contributed by atoms with E-state index in [-0.39, 0.29) is 5.91 Å². The van der Waals surface area contributed by atoms with Crippen LogP contribution in [0, 0.1) is 0 Å². The van der Waals surface area contributed by atoms with Gasteiger partial charge in [-0.25, -0.2) is 10.8 Å². The molecule has 0 spiro atoms. The lowest BCUT2D eigenvalue weighted by Crippen LogP contribution is -2.29. The summed E-state index contributed by atoms with van der Waals surface area (Å²) in [6, 6.07) is 8.01. The Morgan fingerprint density at radius 3 is 2.95 bits per heavy atom. The second-order valence-electron chi connectivity index (χ2n) is 4.29. The molecule has 2 rings (SSSR count). The van der Waals surface area contributed by atoms with Gasteiger partial charge in [0.1, 0.15) is 0 Å². The molecule has 0 bridgehead atoms. The van der Waals surface area contributed by atoms with Crippen molar-refractivity contribution in [1.29, 1.82) is 0 Å². The number of carbonyl (C=O) groups excluding carboxylic acids is 1. The minimum absolute atomic E-state index is 0.0927. The molecular weight excluding hydrogens is 260 g/mol. The molecular formula is C13H18N4OS. The summed E-state index contributed by atoms with van der Waals surface area (Å²) in [5, 5.41) is 0.959. The standard InChI is InChI=1S/C13H18N4OS/c14-17-12(18)8-2-1-5-9-19-13-15-10-6-3-4-7-11(10)16-13/h3-4,6-7H,1-2,5,8-9,14H2,(H,15,16)(H,17,18). The average Bonchev–Trinajstić information content (AvgIpc) is 2.84. The second-order valence-corrected chi connectivity index (χ2v) is 5.37. The minimum atomic E-state index is -0.0927. The first-order valence-electron chi connectivity index (χ1n) is 6.36. The second kappa shape index (κ2) is 7.16. The SMILES string of the molecule is NNC(=O)CCCCCSc1nc2ccccc2[nH]1. The molecule has 0 aliphatic carbocycles. The molecule has 1 aromatic heterocycles. The van der Waals surface area contributed by atoms with Crippen molar-refractivity contribution in [2.45, 2.75) is 30.8 Å². The highest BCUT2D eigenvalue weighted by Crippen LogP contribution is 2.20. The number of carbonyl (C=O) groups is 1. The molecule has 19 heavy (non-hydrogen) atoms. The Morgan fingerprint density at radius 1 is 1.32 bits per heavy atom. The zero-order valence-corrected chi connectivity index (χ0v) is 11.5. The molecule has 0 unspecified atom stereocenters. The third kappa shape index (κ3) is 4.25. The highest BCUT2D eigenvalue weighted by molar-refractivity contribution is 7.99. The highest BCUT2D eigenvalue weighted by Gasteiger charge is 2.02. The highest BCUT2D eigenvalue weighted by atomic mass is 32.2. The fraction of sp³-hybridized carbons (Fsp3) is 0.385. The van der Waals surface area contributed by atoms with Gasteiger partial charge in [-0.2, -0.15) is 0 Å². The number of hydrogen-bond acceptors (Lipinski definition) is 4. The van der Waals surface area contributed by atoms with Crippen LogP contribution in [-0.2, 0) is 4.79 Å². The van der Waals surface area contributed by atoms with E-state index in [1.165, 1.54) is 0 Å². The molecule has 0 aliphatic rings. The third-order valence-electron chi connectivity index (χ3n) is 2.82. The van der Waals surface area contributed by atoms with Crippen molar-refractivity contribution in [2.75, 3.05) is 5.75 Å². The van der Waals surface area contributed by atoms with Gasteiger partial charge in [-0.05, 0) is 25.0 Å². The van der Waals surface area contributed by atoms with Gasteiger partial charge < -0.3 is 4.98 Å². The molecule has 102 valence electrons. The van der Waals surface area contributed by atoms with Crippen LogP contribution in [-0.4, -0.2) is 21.6 Å². The van der Waals surface area contributed by atoms with Crippen LogP contribution in [0.1, 0.15) is 25.7 Å². The van der Waals surface area contributed by atoms with Gasteiger partial charge in [0.2, 0.25) is 5.91 Å². The largest absolute Gasteiger partial charge is 0.333 e. The molecule has 0 aliphatic heterocycles. The summed E-state index contributed by atoms with van der Waals surface area (Å²) in [5.41, 5.74) is 4.22. The van der Waals surface area contributed by atoms with Crippen molar-refractivity contribution in [3.05, 3.63) is 24.3 Å². The summed E-state index contributed by atoms with van der Waals surface area (Å²) in [6.45, 7) is 0. The number of benzene rings is 1. The van der Waals surface area contributed by atoms with E-state index in [0.29, 0.717) is 6.42 Å². The number of hydrazine groups is 1. The van der Waals surface area contributed by atoms with E-state index in [2.05, 4.69) is 15.4 Å². The number of rotatable bonds is 7. The van der Waals surface area contributed by atoms with Crippen LogP contribution in [0.3, 0.4) is 0 Å². The summed E-state index contributed by atoms with van der Waals surface area (Å²) in [5.74, 6) is 5.92. The van der Waals surface area contributed by atoms with Gasteiger partial charge in [0.25, 0.3) is 0 Å². The predicted molar refractivity (Wildman–Crippen MR) is 77.6 cm³/mol. The Hall–Kier alpha value is -1.53. The summed E-state index contributed by atoms with van der Waals surface area (Å²) in [4.78, 5) is 18.7. The average molecular weight is 278 g/mol. The Morgan fingerprint density at radius 2 is 2.16 bits per heavy atom. The van der Waals surface area contributed by atoms with Gasteiger partial charge in [0.15, 0.2) is 5.16 Å². The number of nitrogens with zero attached hydrogens (tertiary/aromatic N) is 1. The van der Waals surface area contributed by atoms with Crippen molar-refractivity contribution >= 4 is 28.7 Å². The van der Waals surface area contributed by atoms with E-state index >= 15 is 0 Å². The molecule has 0 atom stereocenters. The van der Waals surface area contributed by atoms with Crippen molar-refractivity contribution in [3.8, 4) is 0 Å². The molecule has 4 N–H and O–H groups in total. The van der Waals surface area contributed by atoms with Gasteiger partial charge in [0.05, 0.1) is 11.0 Å². The molecule has 1 amide bonds. The van der Waals surface area contributed by atoms with Gasteiger partial charge in [-0.3, -0.25) is 10.2 Å². The van der Waals surface area contributed by atoms with E-state index in [4.69, 9.17) is 5.84 Å². The lowest BCUT2D eigenvalue weighted by molar-refractivity contribution is -0.121. The van der Waals surface area contributed by atoms with E-state index < -0.39 is 0 Å². The number of fused-ring (bicyclic) bond motifs is 1. The maximum atomic E-state index is 10.9. The van der Waals surface area contributed by atoms with Crippen molar-refractivity contribution in [3.63, 3.8) is 0 Å². The normalized spacial score (nSPS) is 10.8. The molecule has 1 heterocycles. The number of H-pyrrole nitrogens is 1. The van der Waals surface area contributed by atoms with Crippen LogP contribution in [0.5, 0.6) is 0 Å². The summed E-state index contributed by atoms with van der Waals surface area (Å²) in [6.07, 6.45) is 3.48. The fourth-order valence-electron chi connectivity index (χ4n) is 1.80. The first kappa shape index (κ1) is 13.9. The number of hydrogen-bond donors (Lipinski definition) is 3. The van der Waals surface area contributed by atoms with Crippen LogP contribution in [0.25, 0.3) is 11.0 Å². The van der Waals surface area contributed by atoms with Crippen LogP contribution >= 0.6 is 11.8 Å². The zero-order chi connectivity index (χ0) is 13.5.